The first-order chi connectivity index (χ1) is 8.40. The van der Waals surface area contributed by atoms with Crippen LogP contribution in [0.1, 0.15) is 20.8 Å². The van der Waals surface area contributed by atoms with Crippen molar-refractivity contribution in [3.05, 3.63) is 18.2 Å². The number of amides is 1. The maximum Gasteiger partial charge on any atom is 0.231 e. The van der Waals surface area contributed by atoms with Crippen molar-refractivity contribution in [3.8, 4) is 5.75 Å². The summed E-state index contributed by atoms with van der Waals surface area (Å²) in [7, 11) is 1.63. The molecule has 0 radical (unpaired) electrons. The van der Waals surface area contributed by atoms with Crippen LogP contribution in [-0.2, 0) is 4.79 Å². The Kier molecular flexibility index (Phi) is 3.26. The molecule has 1 aromatic heterocycles. The second-order valence-corrected chi connectivity index (χ2v) is 6.09. The van der Waals surface area contributed by atoms with Crippen LogP contribution in [-0.4, -0.2) is 18.0 Å². The highest BCUT2D eigenvalue weighted by molar-refractivity contribution is 7.22. The summed E-state index contributed by atoms with van der Waals surface area (Å²) in [6, 6.07) is 5.66. The highest BCUT2D eigenvalue weighted by atomic mass is 32.1. The third-order valence-corrected chi connectivity index (χ3v) is 3.43. The fraction of sp³-hybridized carbons (Fsp3) is 0.385. The zero-order valence-corrected chi connectivity index (χ0v) is 11.7. The van der Waals surface area contributed by atoms with E-state index in [0.717, 1.165) is 16.0 Å². The Bertz CT molecular complexity index is 584. The predicted molar refractivity (Wildman–Crippen MR) is 74.3 cm³/mol. The van der Waals surface area contributed by atoms with Crippen LogP contribution >= 0.6 is 11.3 Å². The number of anilines is 1. The van der Waals surface area contributed by atoms with Gasteiger partial charge in [0.1, 0.15) is 5.75 Å². The standard InChI is InChI=1S/C13H16N2O2S/c1-13(2,3)11(16)15-12-14-9-6-5-8(17-4)7-10(9)18-12/h5-7H,1-4H3,(H,14,15,16). The first kappa shape index (κ1) is 12.8. The second-order valence-electron chi connectivity index (χ2n) is 5.06. The zero-order valence-electron chi connectivity index (χ0n) is 10.9. The van der Waals surface area contributed by atoms with Crippen LogP contribution < -0.4 is 10.1 Å². The zero-order chi connectivity index (χ0) is 13.3. The van der Waals surface area contributed by atoms with Gasteiger partial charge in [0.15, 0.2) is 5.13 Å². The van der Waals surface area contributed by atoms with Crippen molar-refractivity contribution in [1.82, 2.24) is 4.98 Å². The van der Waals surface area contributed by atoms with Crippen LogP contribution in [0.2, 0.25) is 0 Å². The first-order valence-electron chi connectivity index (χ1n) is 5.66. The van der Waals surface area contributed by atoms with E-state index >= 15 is 0 Å². The summed E-state index contributed by atoms with van der Waals surface area (Å²) < 4.78 is 6.16. The van der Waals surface area contributed by atoms with Crippen molar-refractivity contribution < 1.29 is 9.53 Å². The van der Waals surface area contributed by atoms with E-state index in [1.807, 2.05) is 39.0 Å². The van der Waals surface area contributed by atoms with E-state index in [1.54, 1.807) is 7.11 Å². The van der Waals surface area contributed by atoms with E-state index < -0.39 is 5.41 Å². The van der Waals surface area contributed by atoms with Crippen molar-refractivity contribution >= 4 is 32.6 Å². The Morgan fingerprint density at radius 3 is 2.72 bits per heavy atom. The molecule has 0 bridgehead atoms. The average molecular weight is 264 g/mol. The van der Waals surface area contributed by atoms with Gasteiger partial charge in [-0.05, 0) is 18.2 Å². The van der Waals surface area contributed by atoms with Crippen molar-refractivity contribution in [2.24, 2.45) is 5.41 Å². The number of aromatic nitrogens is 1. The number of carbonyl (C=O) groups is 1. The van der Waals surface area contributed by atoms with Gasteiger partial charge < -0.3 is 10.1 Å². The molecule has 1 amide bonds. The molecule has 0 spiro atoms. The molecule has 0 aliphatic carbocycles. The van der Waals surface area contributed by atoms with Gasteiger partial charge in [-0.2, -0.15) is 0 Å². The number of methoxy groups -OCH3 is 1. The Morgan fingerprint density at radius 1 is 1.39 bits per heavy atom. The molecule has 1 aromatic carbocycles. The first-order valence-corrected chi connectivity index (χ1v) is 6.48. The van der Waals surface area contributed by atoms with Gasteiger partial charge in [-0.1, -0.05) is 32.1 Å². The molecular weight excluding hydrogens is 248 g/mol. The molecule has 18 heavy (non-hydrogen) atoms. The number of nitrogens with one attached hydrogen (secondary N) is 1. The van der Waals surface area contributed by atoms with E-state index in [9.17, 15) is 4.79 Å². The van der Waals surface area contributed by atoms with Crippen LogP contribution in [0.4, 0.5) is 5.13 Å². The van der Waals surface area contributed by atoms with Gasteiger partial charge >= 0.3 is 0 Å². The summed E-state index contributed by atoms with van der Waals surface area (Å²) in [5.74, 6) is 0.758. The minimum Gasteiger partial charge on any atom is -0.497 e. The Hall–Kier alpha value is -1.62. The van der Waals surface area contributed by atoms with Gasteiger partial charge in [0.2, 0.25) is 5.91 Å². The van der Waals surface area contributed by atoms with Crippen LogP contribution in [0.15, 0.2) is 18.2 Å². The number of rotatable bonds is 2. The Labute approximate surface area is 110 Å². The van der Waals surface area contributed by atoms with Gasteiger partial charge in [-0.25, -0.2) is 4.98 Å². The van der Waals surface area contributed by atoms with E-state index in [0.29, 0.717) is 5.13 Å². The van der Waals surface area contributed by atoms with Crippen molar-refractivity contribution in [3.63, 3.8) is 0 Å². The minimum atomic E-state index is -0.421. The van der Waals surface area contributed by atoms with Crippen molar-refractivity contribution in [2.45, 2.75) is 20.8 Å². The topological polar surface area (TPSA) is 51.2 Å². The molecule has 0 fully saturated rings. The van der Waals surface area contributed by atoms with Gasteiger partial charge in [0.25, 0.3) is 0 Å². The second kappa shape index (κ2) is 4.57. The normalized spacial score (nSPS) is 11.6. The molecule has 96 valence electrons. The summed E-state index contributed by atoms with van der Waals surface area (Å²) in [5.41, 5.74) is 0.445. The Balaban J connectivity index is 2.28. The van der Waals surface area contributed by atoms with Crippen molar-refractivity contribution in [2.75, 3.05) is 12.4 Å². The van der Waals surface area contributed by atoms with Crippen LogP contribution in [0.3, 0.4) is 0 Å². The molecular formula is C13H16N2O2S. The van der Waals surface area contributed by atoms with E-state index in [1.165, 1.54) is 11.3 Å². The smallest absolute Gasteiger partial charge is 0.231 e. The lowest BCUT2D eigenvalue weighted by Crippen LogP contribution is -2.27. The number of benzene rings is 1. The molecule has 0 unspecified atom stereocenters. The van der Waals surface area contributed by atoms with E-state index in [2.05, 4.69) is 10.3 Å². The monoisotopic (exact) mass is 264 g/mol. The average Bonchev–Trinajstić information content (AvgIpc) is 2.68. The number of ether oxygens (including phenoxy) is 1. The maximum absolute atomic E-state index is 11.9. The quantitative estimate of drug-likeness (QED) is 0.905. The van der Waals surface area contributed by atoms with Gasteiger partial charge in [0, 0.05) is 5.41 Å². The lowest BCUT2D eigenvalue weighted by Gasteiger charge is -2.15. The SMILES string of the molecule is COc1ccc2nc(NC(=O)C(C)(C)C)sc2c1. The van der Waals surface area contributed by atoms with Crippen LogP contribution in [0, 0.1) is 5.41 Å². The summed E-state index contributed by atoms with van der Waals surface area (Å²) >= 11 is 1.45. The molecule has 0 aliphatic heterocycles. The van der Waals surface area contributed by atoms with E-state index in [-0.39, 0.29) is 5.91 Å². The van der Waals surface area contributed by atoms with Crippen LogP contribution in [0.5, 0.6) is 5.75 Å². The third kappa shape index (κ3) is 2.61. The highest BCUT2D eigenvalue weighted by Gasteiger charge is 2.22. The number of nitrogens with zero attached hydrogens (tertiary/aromatic N) is 1. The van der Waals surface area contributed by atoms with Gasteiger partial charge in [0.05, 0.1) is 17.3 Å². The molecule has 4 nitrogen and oxygen atoms in total. The summed E-state index contributed by atoms with van der Waals surface area (Å²) in [5, 5.41) is 3.46. The molecule has 5 heteroatoms. The summed E-state index contributed by atoms with van der Waals surface area (Å²) in [4.78, 5) is 16.2. The fourth-order valence-electron chi connectivity index (χ4n) is 1.37. The maximum atomic E-state index is 11.9. The molecule has 2 aromatic rings. The molecule has 0 saturated heterocycles. The molecule has 2 rings (SSSR count). The number of thiazole rings is 1. The molecule has 0 atom stereocenters. The summed E-state index contributed by atoms with van der Waals surface area (Å²) in [6.07, 6.45) is 0. The van der Waals surface area contributed by atoms with E-state index in [4.69, 9.17) is 4.74 Å². The lowest BCUT2D eigenvalue weighted by atomic mass is 9.96. The lowest BCUT2D eigenvalue weighted by molar-refractivity contribution is -0.123. The van der Waals surface area contributed by atoms with Gasteiger partial charge in [-0.15, -0.1) is 0 Å². The summed E-state index contributed by atoms with van der Waals surface area (Å²) in [6.45, 7) is 5.62. The van der Waals surface area contributed by atoms with Gasteiger partial charge in [-0.3, -0.25) is 4.79 Å². The fourth-order valence-corrected chi connectivity index (χ4v) is 2.26. The molecule has 1 N–H and O–H groups in total. The molecule has 0 aliphatic rings. The molecule has 0 saturated carbocycles. The number of hydrogen-bond donors (Lipinski definition) is 1. The predicted octanol–water partition coefficient (Wildman–Crippen LogP) is 3.29. The molecule has 1 heterocycles. The number of hydrogen-bond acceptors (Lipinski definition) is 4. The highest BCUT2D eigenvalue weighted by Crippen LogP contribution is 2.30. The third-order valence-electron chi connectivity index (χ3n) is 2.50. The van der Waals surface area contributed by atoms with Crippen LogP contribution in [0.25, 0.3) is 10.2 Å². The number of carbonyl (C=O) groups excluding carboxylic acids is 1. The number of fused-ring (bicyclic) bond motifs is 1. The largest absolute Gasteiger partial charge is 0.497 e. The minimum absolute atomic E-state index is 0.0338. The van der Waals surface area contributed by atoms with Crippen molar-refractivity contribution in [1.29, 1.82) is 0 Å². The Morgan fingerprint density at radius 2 is 2.11 bits per heavy atom.